The number of likely N-dealkylation sites (tertiary alicyclic amines) is 1. The molecule has 1 saturated heterocycles. The lowest BCUT2D eigenvalue weighted by molar-refractivity contribution is -0.134. The number of carbonyl (C=O) groups is 1. The largest absolute Gasteiger partial charge is 0.380 e. The fourth-order valence-corrected chi connectivity index (χ4v) is 2.52. The summed E-state index contributed by atoms with van der Waals surface area (Å²) < 4.78 is 5.34. The second kappa shape index (κ2) is 6.76. The molecule has 1 amide bonds. The van der Waals surface area contributed by atoms with Gasteiger partial charge >= 0.3 is 0 Å². The lowest BCUT2D eigenvalue weighted by Crippen LogP contribution is -2.43. The van der Waals surface area contributed by atoms with Crippen molar-refractivity contribution in [2.45, 2.75) is 25.0 Å². The van der Waals surface area contributed by atoms with Crippen molar-refractivity contribution in [3.63, 3.8) is 0 Å². The highest BCUT2D eigenvalue weighted by Crippen LogP contribution is 2.19. The van der Waals surface area contributed by atoms with Crippen LogP contribution in [0.2, 0.25) is 0 Å². The summed E-state index contributed by atoms with van der Waals surface area (Å²) in [6.45, 7) is 1.46. The lowest BCUT2D eigenvalue weighted by Gasteiger charge is -2.24. The van der Waals surface area contributed by atoms with Gasteiger partial charge in [-0.25, -0.2) is 0 Å². The highest BCUT2D eigenvalue weighted by Gasteiger charge is 2.35. The van der Waals surface area contributed by atoms with Gasteiger partial charge in [0.05, 0.1) is 17.8 Å². The van der Waals surface area contributed by atoms with Crippen molar-refractivity contribution in [3.05, 3.63) is 24.3 Å². The van der Waals surface area contributed by atoms with E-state index in [0.717, 1.165) is 25.1 Å². The van der Waals surface area contributed by atoms with Crippen LogP contribution in [0.15, 0.2) is 18.6 Å². The molecule has 6 nitrogen and oxygen atoms in total. The number of nitrogens with zero attached hydrogens (tertiary/aromatic N) is 4. The molecular formula is C14H22N4O2. The smallest absolute Gasteiger partial charge is 0.239 e. The van der Waals surface area contributed by atoms with Crippen LogP contribution < -0.4 is 0 Å². The molecule has 2 heterocycles. The second-order valence-electron chi connectivity index (χ2n) is 5.26. The number of ether oxygens (including phenoxy) is 1. The van der Waals surface area contributed by atoms with Gasteiger partial charge in [0.15, 0.2) is 0 Å². The first kappa shape index (κ1) is 14.9. The standard InChI is InChI=1S/C14H22N4O2/c1-17(7-4-11-9-15-5-6-16-11)14(19)13-8-12(20-3)10-18(13)2/h5-6,9,12-13H,4,7-8,10H2,1-3H3/t12-,13-/m0/s1. The van der Waals surface area contributed by atoms with E-state index in [9.17, 15) is 4.79 Å². The molecule has 1 fully saturated rings. The predicted molar refractivity (Wildman–Crippen MR) is 75.2 cm³/mol. The molecule has 20 heavy (non-hydrogen) atoms. The molecule has 2 atom stereocenters. The van der Waals surface area contributed by atoms with Crippen LogP contribution in [0.4, 0.5) is 0 Å². The third kappa shape index (κ3) is 3.52. The number of carbonyl (C=O) groups excluding carboxylic acids is 1. The molecule has 0 N–H and O–H groups in total. The van der Waals surface area contributed by atoms with Crippen LogP contribution in [-0.2, 0) is 16.0 Å². The van der Waals surface area contributed by atoms with Gasteiger partial charge in [-0.3, -0.25) is 19.7 Å². The van der Waals surface area contributed by atoms with Crippen LogP contribution in [0.3, 0.4) is 0 Å². The number of likely N-dealkylation sites (N-methyl/N-ethyl adjacent to an activating group) is 2. The molecule has 110 valence electrons. The first-order valence-electron chi connectivity index (χ1n) is 6.84. The zero-order chi connectivity index (χ0) is 14.5. The van der Waals surface area contributed by atoms with Crippen molar-refractivity contribution in [2.75, 3.05) is 34.3 Å². The molecule has 1 aromatic heterocycles. The Morgan fingerprint density at radius 3 is 2.95 bits per heavy atom. The van der Waals surface area contributed by atoms with Crippen LogP contribution in [0.5, 0.6) is 0 Å². The molecule has 0 aromatic carbocycles. The van der Waals surface area contributed by atoms with Crippen molar-refractivity contribution in [1.29, 1.82) is 0 Å². The van der Waals surface area contributed by atoms with Gasteiger partial charge in [-0.2, -0.15) is 0 Å². The van der Waals surface area contributed by atoms with Gasteiger partial charge in [-0.05, 0) is 13.5 Å². The zero-order valence-corrected chi connectivity index (χ0v) is 12.3. The number of rotatable bonds is 5. The van der Waals surface area contributed by atoms with Gasteiger partial charge in [0.25, 0.3) is 0 Å². The van der Waals surface area contributed by atoms with Crippen LogP contribution in [0.1, 0.15) is 12.1 Å². The molecule has 0 radical (unpaired) electrons. The molecule has 0 bridgehead atoms. The Kier molecular flexibility index (Phi) is 5.03. The first-order valence-corrected chi connectivity index (χ1v) is 6.84. The number of aromatic nitrogens is 2. The van der Waals surface area contributed by atoms with E-state index in [1.165, 1.54) is 0 Å². The number of hydrogen-bond acceptors (Lipinski definition) is 5. The van der Waals surface area contributed by atoms with E-state index < -0.39 is 0 Å². The predicted octanol–water partition coefficient (Wildman–Crippen LogP) is 0.197. The quantitative estimate of drug-likeness (QED) is 0.770. The Labute approximate surface area is 119 Å². The van der Waals surface area contributed by atoms with Gasteiger partial charge in [-0.15, -0.1) is 0 Å². The Morgan fingerprint density at radius 1 is 1.55 bits per heavy atom. The Balaban J connectivity index is 1.86. The number of methoxy groups -OCH3 is 1. The van der Waals surface area contributed by atoms with E-state index in [1.54, 1.807) is 30.6 Å². The van der Waals surface area contributed by atoms with Crippen molar-refractivity contribution >= 4 is 5.91 Å². The second-order valence-corrected chi connectivity index (χ2v) is 5.26. The highest BCUT2D eigenvalue weighted by atomic mass is 16.5. The monoisotopic (exact) mass is 278 g/mol. The molecule has 0 aliphatic carbocycles. The third-order valence-electron chi connectivity index (χ3n) is 3.82. The van der Waals surface area contributed by atoms with Gasteiger partial charge in [0, 0.05) is 52.3 Å². The SMILES string of the molecule is CO[C@H]1C[C@@H](C(=O)N(C)CCc2cnccn2)N(C)C1. The molecule has 6 heteroatoms. The summed E-state index contributed by atoms with van der Waals surface area (Å²) in [7, 11) is 5.51. The Morgan fingerprint density at radius 2 is 2.35 bits per heavy atom. The minimum atomic E-state index is -0.0770. The lowest BCUT2D eigenvalue weighted by atomic mass is 10.1. The molecule has 0 unspecified atom stereocenters. The number of hydrogen-bond donors (Lipinski definition) is 0. The van der Waals surface area contributed by atoms with E-state index in [2.05, 4.69) is 14.9 Å². The maximum absolute atomic E-state index is 12.4. The van der Waals surface area contributed by atoms with Crippen molar-refractivity contribution < 1.29 is 9.53 Å². The summed E-state index contributed by atoms with van der Waals surface area (Å²) in [5.41, 5.74) is 0.904. The summed E-state index contributed by atoms with van der Waals surface area (Å²) in [5, 5.41) is 0. The van der Waals surface area contributed by atoms with Crippen LogP contribution in [-0.4, -0.2) is 72.1 Å². The summed E-state index contributed by atoms with van der Waals surface area (Å²) >= 11 is 0. The van der Waals surface area contributed by atoms with Gasteiger partial charge in [0.2, 0.25) is 5.91 Å². The fourth-order valence-electron chi connectivity index (χ4n) is 2.52. The molecule has 1 aliphatic rings. The Hall–Kier alpha value is -1.53. The summed E-state index contributed by atoms with van der Waals surface area (Å²) in [6.07, 6.45) is 6.70. The van der Waals surface area contributed by atoms with Crippen molar-refractivity contribution in [2.24, 2.45) is 0 Å². The average molecular weight is 278 g/mol. The maximum atomic E-state index is 12.4. The normalized spacial score (nSPS) is 22.9. The van der Waals surface area contributed by atoms with Crippen LogP contribution in [0, 0.1) is 0 Å². The average Bonchev–Trinajstić information content (AvgIpc) is 2.86. The van der Waals surface area contributed by atoms with Gasteiger partial charge < -0.3 is 9.64 Å². The molecule has 1 aromatic rings. The maximum Gasteiger partial charge on any atom is 0.239 e. The fraction of sp³-hybridized carbons (Fsp3) is 0.643. The zero-order valence-electron chi connectivity index (χ0n) is 12.3. The Bertz CT molecular complexity index is 440. The minimum absolute atomic E-state index is 0.0770. The highest BCUT2D eigenvalue weighted by molar-refractivity contribution is 5.82. The summed E-state index contributed by atoms with van der Waals surface area (Å²) in [4.78, 5) is 24.5. The summed E-state index contributed by atoms with van der Waals surface area (Å²) in [5.74, 6) is 0.149. The minimum Gasteiger partial charge on any atom is -0.380 e. The van der Waals surface area contributed by atoms with Crippen molar-refractivity contribution in [1.82, 2.24) is 19.8 Å². The first-order chi connectivity index (χ1) is 9.61. The molecule has 2 rings (SSSR count). The molecule has 1 aliphatic heterocycles. The number of amides is 1. The van der Waals surface area contributed by atoms with E-state index in [1.807, 2.05) is 14.1 Å². The summed E-state index contributed by atoms with van der Waals surface area (Å²) in [6, 6.07) is -0.0770. The van der Waals surface area contributed by atoms with E-state index >= 15 is 0 Å². The van der Waals surface area contributed by atoms with Gasteiger partial charge in [0.1, 0.15) is 0 Å². The van der Waals surface area contributed by atoms with E-state index in [0.29, 0.717) is 6.54 Å². The third-order valence-corrected chi connectivity index (χ3v) is 3.82. The van der Waals surface area contributed by atoms with E-state index in [4.69, 9.17) is 4.74 Å². The van der Waals surface area contributed by atoms with Crippen molar-refractivity contribution in [3.8, 4) is 0 Å². The van der Waals surface area contributed by atoms with Crippen LogP contribution in [0.25, 0.3) is 0 Å². The topological polar surface area (TPSA) is 58.6 Å². The van der Waals surface area contributed by atoms with E-state index in [-0.39, 0.29) is 18.1 Å². The molecule has 0 saturated carbocycles. The van der Waals surface area contributed by atoms with Gasteiger partial charge in [-0.1, -0.05) is 0 Å². The molecule has 0 spiro atoms. The molecular weight excluding hydrogens is 256 g/mol. The van der Waals surface area contributed by atoms with Crippen LogP contribution >= 0.6 is 0 Å².